The molecule has 1 aliphatic rings. The third-order valence-corrected chi connectivity index (χ3v) is 3.49. The maximum absolute atomic E-state index is 12.3. The summed E-state index contributed by atoms with van der Waals surface area (Å²) >= 11 is 0. The number of piperidine rings is 1. The van der Waals surface area contributed by atoms with Crippen molar-refractivity contribution < 1.29 is 9.53 Å². The minimum Gasteiger partial charge on any atom is -0.426 e. The summed E-state index contributed by atoms with van der Waals surface area (Å²) in [7, 11) is 0. The summed E-state index contributed by atoms with van der Waals surface area (Å²) in [5.74, 6) is 0.460. The molecule has 0 bridgehead atoms. The van der Waals surface area contributed by atoms with E-state index in [4.69, 9.17) is 4.74 Å². The van der Waals surface area contributed by atoms with Crippen molar-refractivity contribution in [1.29, 1.82) is 0 Å². The Bertz CT molecular complexity index is 435. The Balaban J connectivity index is 2.07. The maximum atomic E-state index is 12.3. The second kappa shape index (κ2) is 4.97. The highest BCUT2D eigenvalue weighted by atomic mass is 16.5. The van der Waals surface area contributed by atoms with Crippen LogP contribution in [0.5, 0.6) is 5.75 Å². The van der Waals surface area contributed by atoms with Crippen LogP contribution in [0.1, 0.15) is 40.5 Å². The average Bonchev–Trinajstić information content (AvgIpc) is 2.26. The van der Waals surface area contributed by atoms with E-state index in [1.54, 1.807) is 0 Å². The summed E-state index contributed by atoms with van der Waals surface area (Å²) in [6, 6.07) is 9.29. The van der Waals surface area contributed by atoms with Crippen molar-refractivity contribution in [3.05, 3.63) is 30.3 Å². The van der Waals surface area contributed by atoms with E-state index in [1.165, 1.54) is 0 Å². The summed E-state index contributed by atoms with van der Waals surface area (Å²) in [5, 5.41) is 3.57. The Kier molecular flexibility index (Phi) is 3.68. The van der Waals surface area contributed by atoms with Crippen LogP contribution in [0.25, 0.3) is 0 Å². The Labute approximate surface area is 115 Å². The monoisotopic (exact) mass is 261 g/mol. The van der Waals surface area contributed by atoms with Gasteiger partial charge in [-0.2, -0.15) is 0 Å². The van der Waals surface area contributed by atoms with Gasteiger partial charge >= 0.3 is 5.97 Å². The van der Waals surface area contributed by atoms with E-state index in [0.717, 1.165) is 12.8 Å². The molecule has 1 N–H and O–H groups in total. The number of nitrogens with one attached hydrogen (secondary N) is 1. The topological polar surface area (TPSA) is 38.3 Å². The van der Waals surface area contributed by atoms with Crippen molar-refractivity contribution >= 4 is 5.97 Å². The Morgan fingerprint density at radius 1 is 1.11 bits per heavy atom. The van der Waals surface area contributed by atoms with Gasteiger partial charge in [0.15, 0.2) is 0 Å². The zero-order valence-electron chi connectivity index (χ0n) is 12.2. The maximum Gasteiger partial charge on any atom is 0.314 e. The zero-order valence-corrected chi connectivity index (χ0v) is 12.2. The van der Waals surface area contributed by atoms with Gasteiger partial charge < -0.3 is 10.1 Å². The molecule has 0 saturated carbocycles. The molecule has 0 aliphatic carbocycles. The van der Waals surface area contributed by atoms with Crippen LogP contribution in [0.2, 0.25) is 0 Å². The highest BCUT2D eigenvalue weighted by Gasteiger charge is 2.41. The molecule has 0 unspecified atom stereocenters. The third kappa shape index (κ3) is 3.80. The van der Waals surface area contributed by atoms with Gasteiger partial charge in [0, 0.05) is 11.1 Å². The minimum atomic E-state index is -0.117. The van der Waals surface area contributed by atoms with Gasteiger partial charge in [0.1, 0.15) is 5.75 Å². The van der Waals surface area contributed by atoms with Crippen LogP contribution in [-0.2, 0) is 4.79 Å². The zero-order chi connectivity index (χ0) is 14.1. The number of carbonyl (C=O) groups is 1. The molecule has 1 aromatic rings. The highest BCUT2D eigenvalue weighted by molar-refractivity contribution is 5.75. The first-order valence-electron chi connectivity index (χ1n) is 6.84. The molecule has 0 amide bonds. The number of benzene rings is 1. The molecule has 3 heteroatoms. The van der Waals surface area contributed by atoms with Gasteiger partial charge in [-0.1, -0.05) is 18.2 Å². The van der Waals surface area contributed by atoms with Crippen molar-refractivity contribution in [3.63, 3.8) is 0 Å². The predicted molar refractivity (Wildman–Crippen MR) is 76.1 cm³/mol. The molecule has 19 heavy (non-hydrogen) atoms. The van der Waals surface area contributed by atoms with Gasteiger partial charge in [-0.3, -0.25) is 4.79 Å². The molecule has 2 rings (SSSR count). The first-order chi connectivity index (χ1) is 8.77. The number of hydrogen-bond acceptors (Lipinski definition) is 3. The molecule has 1 aliphatic heterocycles. The fourth-order valence-corrected chi connectivity index (χ4v) is 3.18. The van der Waals surface area contributed by atoms with Crippen LogP contribution < -0.4 is 10.1 Å². The van der Waals surface area contributed by atoms with E-state index in [-0.39, 0.29) is 23.0 Å². The Hall–Kier alpha value is -1.35. The number of hydrogen-bond donors (Lipinski definition) is 1. The van der Waals surface area contributed by atoms with Gasteiger partial charge in [0.2, 0.25) is 0 Å². The van der Waals surface area contributed by atoms with Gasteiger partial charge in [-0.05, 0) is 52.7 Å². The third-order valence-electron chi connectivity index (χ3n) is 3.49. The summed E-state index contributed by atoms with van der Waals surface area (Å²) in [6.07, 6.45) is 1.62. The minimum absolute atomic E-state index is 0.0396. The molecule has 1 heterocycles. The predicted octanol–water partition coefficient (Wildman–Crippen LogP) is 3.15. The van der Waals surface area contributed by atoms with Crippen LogP contribution in [0.3, 0.4) is 0 Å². The molecule has 0 aromatic heterocycles. The first kappa shape index (κ1) is 14.1. The summed E-state index contributed by atoms with van der Waals surface area (Å²) in [5.41, 5.74) is -0.0791. The van der Waals surface area contributed by atoms with Crippen LogP contribution in [0.15, 0.2) is 30.3 Å². The van der Waals surface area contributed by atoms with Crippen LogP contribution >= 0.6 is 0 Å². The van der Waals surface area contributed by atoms with Gasteiger partial charge in [0.25, 0.3) is 0 Å². The Morgan fingerprint density at radius 2 is 1.63 bits per heavy atom. The number of para-hydroxylation sites is 1. The molecule has 1 fully saturated rings. The number of carbonyl (C=O) groups excluding carboxylic acids is 1. The summed E-state index contributed by atoms with van der Waals surface area (Å²) in [6.45, 7) is 8.54. The van der Waals surface area contributed by atoms with E-state index in [2.05, 4.69) is 33.0 Å². The highest BCUT2D eigenvalue weighted by Crippen LogP contribution is 2.33. The van der Waals surface area contributed by atoms with Crippen LogP contribution in [0, 0.1) is 5.92 Å². The van der Waals surface area contributed by atoms with E-state index in [0.29, 0.717) is 5.75 Å². The normalized spacial score (nSPS) is 21.9. The standard InChI is InChI=1S/C16H23NO2/c1-15(2)10-12(11-16(3,4)17-15)14(18)19-13-8-6-5-7-9-13/h5-9,12,17H,10-11H2,1-4H3. The van der Waals surface area contributed by atoms with Crippen molar-refractivity contribution in [3.8, 4) is 5.75 Å². The molecule has 3 nitrogen and oxygen atoms in total. The molecule has 1 saturated heterocycles. The van der Waals surface area contributed by atoms with Crippen molar-refractivity contribution in [1.82, 2.24) is 5.32 Å². The largest absolute Gasteiger partial charge is 0.426 e. The van der Waals surface area contributed by atoms with Crippen LogP contribution in [0.4, 0.5) is 0 Å². The lowest BCUT2D eigenvalue weighted by Gasteiger charge is -2.45. The van der Waals surface area contributed by atoms with Crippen molar-refractivity contribution in [2.24, 2.45) is 5.92 Å². The fourth-order valence-electron chi connectivity index (χ4n) is 3.18. The van der Waals surface area contributed by atoms with Gasteiger partial charge in [-0.25, -0.2) is 0 Å². The fraction of sp³-hybridized carbons (Fsp3) is 0.562. The van der Waals surface area contributed by atoms with Gasteiger partial charge in [0.05, 0.1) is 5.92 Å². The molecular weight excluding hydrogens is 238 g/mol. The number of rotatable bonds is 2. The van der Waals surface area contributed by atoms with Gasteiger partial charge in [-0.15, -0.1) is 0 Å². The molecule has 1 aromatic carbocycles. The molecule has 104 valence electrons. The smallest absolute Gasteiger partial charge is 0.314 e. The SMILES string of the molecule is CC1(C)CC(C(=O)Oc2ccccc2)CC(C)(C)N1. The summed E-state index contributed by atoms with van der Waals surface area (Å²) in [4.78, 5) is 12.3. The average molecular weight is 261 g/mol. The first-order valence-corrected chi connectivity index (χ1v) is 6.84. The lowest BCUT2D eigenvalue weighted by atomic mass is 9.76. The number of esters is 1. The van der Waals surface area contributed by atoms with Crippen LogP contribution in [-0.4, -0.2) is 17.0 Å². The lowest BCUT2D eigenvalue weighted by Crippen LogP contribution is -2.59. The van der Waals surface area contributed by atoms with E-state index in [9.17, 15) is 4.79 Å². The Morgan fingerprint density at radius 3 is 2.16 bits per heavy atom. The summed E-state index contributed by atoms with van der Waals surface area (Å²) < 4.78 is 5.47. The van der Waals surface area contributed by atoms with Crippen molar-refractivity contribution in [2.75, 3.05) is 0 Å². The molecule has 0 atom stereocenters. The van der Waals surface area contributed by atoms with E-state index in [1.807, 2.05) is 30.3 Å². The van der Waals surface area contributed by atoms with E-state index >= 15 is 0 Å². The molecule has 0 spiro atoms. The van der Waals surface area contributed by atoms with Crippen molar-refractivity contribution in [2.45, 2.75) is 51.6 Å². The van der Waals surface area contributed by atoms with E-state index < -0.39 is 0 Å². The second-order valence-electron chi connectivity index (χ2n) is 6.73. The molecule has 0 radical (unpaired) electrons. The lowest BCUT2D eigenvalue weighted by molar-refractivity contribution is -0.142. The quantitative estimate of drug-likeness (QED) is 0.656. The second-order valence-corrected chi connectivity index (χ2v) is 6.73. The molecular formula is C16H23NO2. The number of ether oxygens (including phenoxy) is 1.